The van der Waals surface area contributed by atoms with Gasteiger partial charge in [0.25, 0.3) is 0 Å². The van der Waals surface area contributed by atoms with E-state index in [0.717, 1.165) is 6.42 Å². The lowest BCUT2D eigenvalue weighted by Crippen LogP contribution is -2.48. The smallest absolute Gasteiger partial charge is 0.305 e. The summed E-state index contributed by atoms with van der Waals surface area (Å²) in [7, 11) is 0. The highest BCUT2D eigenvalue weighted by molar-refractivity contribution is 5.86. The lowest BCUT2D eigenvalue weighted by molar-refractivity contribution is -0.138. The third-order valence-corrected chi connectivity index (χ3v) is 2.22. The van der Waals surface area contributed by atoms with Gasteiger partial charge in [-0.3, -0.25) is 14.4 Å². The third kappa shape index (κ3) is 7.32. The fourth-order valence-corrected chi connectivity index (χ4v) is 1.48. The summed E-state index contributed by atoms with van der Waals surface area (Å²) in [5, 5.41) is 13.8. The maximum atomic E-state index is 11.6. The summed E-state index contributed by atoms with van der Waals surface area (Å²) in [6.45, 7) is 4.79. The van der Waals surface area contributed by atoms with Crippen molar-refractivity contribution in [1.29, 1.82) is 0 Å². The molecule has 2 atom stereocenters. The van der Waals surface area contributed by atoms with E-state index in [2.05, 4.69) is 10.6 Å². The molecule has 0 radical (unpaired) electrons. The van der Waals surface area contributed by atoms with Gasteiger partial charge in [0.15, 0.2) is 0 Å². The Bertz CT molecular complexity index is 291. The molecule has 0 spiro atoms. The van der Waals surface area contributed by atoms with Crippen molar-refractivity contribution < 1.29 is 19.5 Å². The molecule has 3 N–H and O–H groups in total. The van der Waals surface area contributed by atoms with Crippen LogP contribution in [0.1, 0.15) is 40.0 Å². The average Bonchev–Trinajstić information content (AvgIpc) is 2.15. The van der Waals surface area contributed by atoms with Crippen LogP contribution in [0.4, 0.5) is 0 Å². The van der Waals surface area contributed by atoms with Gasteiger partial charge in [0.05, 0.1) is 6.42 Å². The van der Waals surface area contributed by atoms with E-state index in [1.54, 1.807) is 6.92 Å². The Kier molecular flexibility index (Phi) is 6.93. The molecule has 2 unspecified atom stereocenters. The summed E-state index contributed by atoms with van der Waals surface area (Å²) in [6.07, 6.45) is 1.28. The zero-order chi connectivity index (χ0) is 13.4. The fraction of sp³-hybridized carbons (Fsp3) is 0.727. The number of carbonyl (C=O) groups excluding carboxylic acids is 2. The number of hydrogen-bond acceptors (Lipinski definition) is 3. The molecule has 0 saturated heterocycles. The van der Waals surface area contributed by atoms with Gasteiger partial charge in [-0.2, -0.15) is 0 Å². The summed E-state index contributed by atoms with van der Waals surface area (Å²) in [5.74, 6) is -1.60. The van der Waals surface area contributed by atoms with Crippen molar-refractivity contribution in [3.63, 3.8) is 0 Å². The first-order valence-electron chi connectivity index (χ1n) is 5.66. The predicted octanol–water partition coefficient (Wildman–Crippen LogP) is 0.271. The summed E-state index contributed by atoms with van der Waals surface area (Å²) >= 11 is 0. The molecule has 0 aliphatic rings. The Morgan fingerprint density at radius 1 is 1.24 bits per heavy atom. The Morgan fingerprint density at radius 3 is 2.24 bits per heavy atom. The number of carbonyl (C=O) groups is 3. The van der Waals surface area contributed by atoms with Gasteiger partial charge in [-0.05, 0) is 13.3 Å². The Balaban J connectivity index is 4.28. The van der Waals surface area contributed by atoms with E-state index in [9.17, 15) is 14.4 Å². The highest BCUT2D eigenvalue weighted by atomic mass is 16.4. The van der Waals surface area contributed by atoms with Gasteiger partial charge in [0, 0.05) is 13.0 Å². The summed E-state index contributed by atoms with van der Waals surface area (Å²) < 4.78 is 0. The maximum absolute atomic E-state index is 11.6. The summed E-state index contributed by atoms with van der Waals surface area (Å²) in [6, 6.07) is -1.04. The van der Waals surface area contributed by atoms with Crippen LogP contribution >= 0.6 is 0 Å². The Labute approximate surface area is 101 Å². The average molecular weight is 244 g/mol. The van der Waals surface area contributed by atoms with Gasteiger partial charge in [-0.15, -0.1) is 0 Å². The largest absolute Gasteiger partial charge is 0.481 e. The molecule has 2 amide bonds. The van der Waals surface area contributed by atoms with Gasteiger partial charge in [-0.1, -0.05) is 13.3 Å². The minimum absolute atomic E-state index is 0.105. The van der Waals surface area contributed by atoms with Crippen LogP contribution in [0, 0.1) is 0 Å². The van der Waals surface area contributed by atoms with E-state index in [1.165, 1.54) is 6.92 Å². The second kappa shape index (κ2) is 7.65. The molecule has 6 heteroatoms. The monoisotopic (exact) mass is 244 g/mol. The number of carboxylic acids is 1. The molecule has 0 aromatic heterocycles. The quantitative estimate of drug-likeness (QED) is 0.599. The lowest BCUT2D eigenvalue weighted by Gasteiger charge is -2.19. The van der Waals surface area contributed by atoms with E-state index >= 15 is 0 Å². The minimum Gasteiger partial charge on any atom is -0.481 e. The molecule has 0 fully saturated rings. The van der Waals surface area contributed by atoms with Crippen LogP contribution in [0.2, 0.25) is 0 Å². The van der Waals surface area contributed by atoms with Gasteiger partial charge in [0.2, 0.25) is 11.8 Å². The second-order valence-electron chi connectivity index (χ2n) is 4.01. The predicted molar refractivity (Wildman–Crippen MR) is 62.4 cm³/mol. The van der Waals surface area contributed by atoms with Crippen molar-refractivity contribution in [2.75, 3.05) is 0 Å². The first-order chi connectivity index (χ1) is 7.86. The van der Waals surface area contributed by atoms with Crippen molar-refractivity contribution in [1.82, 2.24) is 10.6 Å². The Morgan fingerprint density at radius 2 is 1.82 bits per heavy atom. The molecule has 0 aromatic carbocycles. The molecule has 0 aromatic rings. The molecule has 0 bridgehead atoms. The number of rotatable bonds is 7. The minimum atomic E-state index is -0.948. The standard InChI is InChI=1S/C11H20N2O4/c1-4-5-9(6-10(15)16)13-11(17)7(2)12-8(3)14/h7,9H,4-6H2,1-3H3,(H,12,14)(H,13,17)(H,15,16). The highest BCUT2D eigenvalue weighted by Gasteiger charge is 2.19. The number of carboxylic acid groups (broad SMARTS) is 1. The highest BCUT2D eigenvalue weighted by Crippen LogP contribution is 2.02. The molecule has 6 nitrogen and oxygen atoms in total. The van der Waals surface area contributed by atoms with Crippen LogP contribution in [0.15, 0.2) is 0 Å². The number of nitrogens with one attached hydrogen (secondary N) is 2. The first kappa shape index (κ1) is 15.4. The summed E-state index contributed by atoms with van der Waals surface area (Å²) in [5.41, 5.74) is 0. The van der Waals surface area contributed by atoms with Gasteiger partial charge >= 0.3 is 5.97 Å². The lowest BCUT2D eigenvalue weighted by atomic mass is 10.1. The summed E-state index contributed by atoms with van der Waals surface area (Å²) in [4.78, 5) is 33.0. The third-order valence-electron chi connectivity index (χ3n) is 2.22. The fourth-order valence-electron chi connectivity index (χ4n) is 1.48. The van der Waals surface area contributed by atoms with E-state index in [-0.39, 0.29) is 24.3 Å². The van der Waals surface area contributed by atoms with Crippen LogP contribution in [-0.2, 0) is 14.4 Å². The number of aliphatic carboxylic acids is 1. The van der Waals surface area contributed by atoms with E-state index in [1.807, 2.05) is 6.92 Å². The van der Waals surface area contributed by atoms with E-state index in [4.69, 9.17) is 5.11 Å². The topological polar surface area (TPSA) is 95.5 Å². The van der Waals surface area contributed by atoms with Crippen molar-refractivity contribution in [2.45, 2.75) is 52.1 Å². The van der Waals surface area contributed by atoms with Crippen molar-refractivity contribution in [2.24, 2.45) is 0 Å². The zero-order valence-corrected chi connectivity index (χ0v) is 10.4. The zero-order valence-electron chi connectivity index (χ0n) is 10.4. The van der Waals surface area contributed by atoms with Crippen molar-refractivity contribution >= 4 is 17.8 Å². The van der Waals surface area contributed by atoms with Crippen LogP contribution < -0.4 is 10.6 Å². The molecule has 0 aliphatic heterocycles. The SMILES string of the molecule is CCCC(CC(=O)O)NC(=O)C(C)NC(C)=O. The number of hydrogen-bond donors (Lipinski definition) is 3. The first-order valence-corrected chi connectivity index (χ1v) is 5.66. The molecular formula is C11H20N2O4. The molecule has 0 saturated carbocycles. The second-order valence-corrected chi connectivity index (χ2v) is 4.01. The van der Waals surface area contributed by atoms with E-state index in [0.29, 0.717) is 6.42 Å². The number of amides is 2. The van der Waals surface area contributed by atoms with Crippen molar-refractivity contribution in [3.05, 3.63) is 0 Å². The van der Waals surface area contributed by atoms with Crippen molar-refractivity contribution in [3.8, 4) is 0 Å². The normalized spacial score (nSPS) is 13.6. The Hall–Kier alpha value is -1.59. The molecular weight excluding hydrogens is 224 g/mol. The molecule has 0 rings (SSSR count). The molecule has 17 heavy (non-hydrogen) atoms. The molecule has 98 valence electrons. The van der Waals surface area contributed by atoms with Gasteiger partial charge in [0.1, 0.15) is 6.04 Å². The van der Waals surface area contributed by atoms with E-state index < -0.39 is 12.0 Å². The van der Waals surface area contributed by atoms with Gasteiger partial charge in [-0.25, -0.2) is 0 Å². The van der Waals surface area contributed by atoms with Crippen LogP contribution in [0.25, 0.3) is 0 Å². The van der Waals surface area contributed by atoms with Crippen LogP contribution in [0.5, 0.6) is 0 Å². The maximum Gasteiger partial charge on any atom is 0.305 e. The molecule has 0 heterocycles. The molecule has 0 aliphatic carbocycles. The van der Waals surface area contributed by atoms with Crippen LogP contribution in [0.3, 0.4) is 0 Å². The van der Waals surface area contributed by atoms with Gasteiger partial charge < -0.3 is 15.7 Å². The van der Waals surface area contributed by atoms with Crippen LogP contribution in [-0.4, -0.2) is 35.0 Å².